The normalized spacial score (nSPS) is 11.3. The largest absolute Gasteiger partial charge is 0.497 e. The van der Waals surface area contributed by atoms with Crippen LogP contribution in [0.4, 0.5) is 0 Å². The van der Waals surface area contributed by atoms with Crippen molar-refractivity contribution in [1.82, 2.24) is 5.32 Å². The predicted octanol–water partition coefficient (Wildman–Crippen LogP) is 5.41. The maximum Gasteiger partial charge on any atom is 0.347 e. The minimum absolute atomic E-state index is 0.00242. The third kappa shape index (κ3) is 4.71. The highest BCUT2D eigenvalue weighted by atomic mass is 16.5. The molecule has 3 aromatic heterocycles. The number of furan rings is 2. The summed E-state index contributed by atoms with van der Waals surface area (Å²) in [6, 6.07) is 17.1. The molecule has 0 atom stereocenters. The van der Waals surface area contributed by atoms with Crippen molar-refractivity contribution in [3.8, 4) is 17.1 Å². The first-order chi connectivity index (χ1) is 17.0. The topological polar surface area (TPSA) is 94.8 Å². The number of methoxy groups -OCH3 is 1. The zero-order chi connectivity index (χ0) is 24.4. The van der Waals surface area contributed by atoms with E-state index in [2.05, 4.69) is 5.32 Å². The number of carbonyl (C=O) groups excluding carboxylic acids is 1. The molecule has 0 aliphatic carbocycles. The summed E-state index contributed by atoms with van der Waals surface area (Å²) in [5, 5.41) is 5.22. The zero-order valence-corrected chi connectivity index (χ0v) is 19.6. The van der Waals surface area contributed by atoms with Gasteiger partial charge in [0, 0.05) is 30.2 Å². The summed E-state index contributed by atoms with van der Waals surface area (Å²) in [6.45, 7) is 2.19. The summed E-state index contributed by atoms with van der Waals surface area (Å²) in [7, 11) is 1.63. The molecule has 5 aromatic rings. The fourth-order valence-corrected chi connectivity index (χ4v) is 4.28. The molecule has 5 rings (SSSR count). The van der Waals surface area contributed by atoms with Crippen molar-refractivity contribution in [3.05, 3.63) is 88.4 Å². The lowest BCUT2D eigenvalue weighted by Gasteiger charge is -2.07. The molecular weight excluding hydrogens is 446 g/mol. The van der Waals surface area contributed by atoms with Crippen molar-refractivity contribution in [2.75, 3.05) is 13.7 Å². The Bertz CT molecular complexity index is 1560. The number of hydrogen-bond donors (Lipinski definition) is 1. The molecule has 0 aliphatic heterocycles. The van der Waals surface area contributed by atoms with Gasteiger partial charge in [0.05, 0.1) is 19.8 Å². The van der Waals surface area contributed by atoms with Gasteiger partial charge in [-0.05, 0) is 54.4 Å². The summed E-state index contributed by atoms with van der Waals surface area (Å²) in [6.07, 6.45) is 3.11. The standard InChI is InChI=1S/C28H25NO6/c1-17-13-24-26(28(31)34-17)23(16-25(30)29-11-3-5-21-6-4-12-33-21)27(35-24)20-8-7-19-15-22(32-2)10-9-18(19)14-20/h4,6-10,12-15H,3,5,11,16H2,1-2H3,(H,29,30). The number of benzene rings is 2. The minimum Gasteiger partial charge on any atom is -0.497 e. The molecule has 7 heteroatoms. The van der Waals surface area contributed by atoms with E-state index >= 15 is 0 Å². The third-order valence-electron chi connectivity index (χ3n) is 5.98. The summed E-state index contributed by atoms with van der Waals surface area (Å²) in [5.41, 5.74) is 1.19. The Morgan fingerprint density at radius 1 is 1.03 bits per heavy atom. The first kappa shape index (κ1) is 22.5. The maximum atomic E-state index is 12.8. The van der Waals surface area contributed by atoms with Gasteiger partial charge in [0.2, 0.25) is 5.91 Å². The summed E-state index contributed by atoms with van der Waals surface area (Å²) >= 11 is 0. The fourth-order valence-electron chi connectivity index (χ4n) is 4.28. The number of nitrogens with one attached hydrogen (secondary N) is 1. The SMILES string of the molecule is COc1ccc2cc(-c3oc4cc(C)oc(=O)c4c3CC(=O)NCCCc3ccco3)ccc2c1. The van der Waals surface area contributed by atoms with Crippen molar-refractivity contribution in [2.24, 2.45) is 0 Å². The lowest BCUT2D eigenvalue weighted by Crippen LogP contribution is -2.26. The molecule has 0 unspecified atom stereocenters. The van der Waals surface area contributed by atoms with Crippen molar-refractivity contribution in [1.29, 1.82) is 0 Å². The van der Waals surface area contributed by atoms with E-state index in [1.54, 1.807) is 26.4 Å². The van der Waals surface area contributed by atoms with Gasteiger partial charge in [0.25, 0.3) is 0 Å². The van der Waals surface area contributed by atoms with E-state index in [0.717, 1.165) is 40.7 Å². The number of ether oxygens (including phenoxy) is 1. The van der Waals surface area contributed by atoms with E-state index in [1.165, 1.54) is 0 Å². The van der Waals surface area contributed by atoms with Crippen LogP contribution in [0.25, 0.3) is 33.1 Å². The second kappa shape index (κ2) is 9.54. The van der Waals surface area contributed by atoms with Crippen LogP contribution in [0.15, 0.2) is 78.9 Å². The van der Waals surface area contributed by atoms with E-state index in [4.69, 9.17) is 18.0 Å². The number of hydrogen-bond acceptors (Lipinski definition) is 6. The molecular formula is C28H25NO6. The quantitative estimate of drug-likeness (QED) is 0.304. The Balaban J connectivity index is 1.46. The van der Waals surface area contributed by atoms with E-state index in [1.807, 2.05) is 48.5 Å². The van der Waals surface area contributed by atoms with Gasteiger partial charge in [-0.15, -0.1) is 0 Å². The molecule has 3 heterocycles. The van der Waals surface area contributed by atoms with Gasteiger partial charge in [-0.25, -0.2) is 4.79 Å². The molecule has 0 radical (unpaired) electrons. The van der Waals surface area contributed by atoms with Crippen LogP contribution in [0.3, 0.4) is 0 Å². The Labute approximate surface area is 201 Å². The Kier molecular flexibility index (Phi) is 6.14. The molecule has 1 amide bonds. The number of carbonyl (C=O) groups is 1. The summed E-state index contributed by atoms with van der Waals surface area (Å²) < 4.78 is 22.1. The first-order valence-electron chi connectivity index (χ1n) is 11.4. The van der Waals surface area contributed by atoms with Gasteiger partial charge >= 0.3 is 5.63 Å². The number of fused-ring (bicyclic) bond motifs is 2. The molecule has 2 aromatic carbocycles. The molecule has 1 N–H and O–H groups in total. The van der Waals surface area contributed by atoms with Crippen molar-refractivity contribution in [3.63, 3.8) is 0 Å². The van der Waals surface area contributed by atoms with Gasteiger partial charge in [-0.1, -0.05) is 18.2 Å². The molecule has 35 heavy (non-hydrogen) atoms. The summed E-state index contributed by atoms with van der Waals surface area (Å²) in [5.74, 6) is 2.39. The average molecular weight is 472 g/mol. The number of rotatable bonds is 8. The van der Waals surface area contributed by atoms with Crippen LogP contribution >= 0.6 is 0 Å². The van der Waals surface area contributed by atoms with Crippen LogP contribution in [0.2, 0.25) is 0 Å². The highest BCUT2D eigenvalue weighted by molar-refractivity contribution is 5.95. The zero-order valence-electron chi connectivity index (χ0n) is 19.6. The second-order valence-corrected chi connectivity index (χ2v) is 8.43. The Morgan fingerprint density at radius 2 is 1.86 bits per heavy atom. The van der Waals surface area contributed by atoms with Gasteiger partial charge in [-0.3, -0.25) is 4.79 Å². The van der Waals surface area contributed by atoms with Crippen molar-refractivity contribution < 1.29 is 22.8 Å². The van der Waals surface area contributed by atoms with Crippen molar-refractivity contribution >= 4 is 27.6 Å². The number of amides is 1. The van der Waals surface area contributed by atoms with Crippen LogP contribution in [-0.4, -0.2) is 19.6 Å². The maximum absolute atomic E-state index is 12.8. The van der Waals surface area contributed by atoms with Gasteiger partial charge in [0.1, 0.15) is 34.0 Å². The third-order valence-corrected chi connectivity index (χ3v) is 5.98. The second-order valence-electron chi connectivity index (χ2n) is 8.43. The fraction of sp³-hybridized carbons (Fsp3) is 0.214. The lowest BCUT2D eigenvalue weighted by molar-refractivity contribution is -0.120. The van der Waals surface area contributed by atoms with E-state index < -0.39 is 5.63 Å². The summed E-state index contributed by atoms with van der Waals surface area (Å²) in [4.78, 5) is 25.6. The minimum atomic E-state index is -0.513. The van der Waals surface area contributed by atoms with Gasteiger partial charge < -0.3 is 23.3 Å². The van der Waals surface area contributed by atoms with Crippen LogP contribution in [0.5, 0.6) is 5.75 Å². The molecule has 0 spiro atoms. The molecule has 0 bridgehead atoms. The van der Waals surface area contributed by atoms with E-state index in [9.17, 15) is 9.59 Å². The van der Waals surface area contributed by atoms with Crippen LogP contribution in [0, 0.1) is 6.92 Å². The Morgan fingerprint density at radius 3 is 2.66 bits per heavy atom. The Hall–Kier alpha value is -4.26. The van der Waals surface area contributed by atoms with Crippen LogP contribution in [0.1, 0.15) is 23.5 Å². The monoisotopic (exact) mass is 471 g/mol. The highest BCUT2D eigenvalue weighted by Crippen LogP contribution is 2.35. The smallest absolute Gasteiger partial charge is 0.347 e. The molecule has 0 saturated carbocycles. The molecule has 178 valence electrons. The van der Waals surface area contributed by atoms with Crippen LogP contribution < -0.4 is 15.7 Å². The predicted molar refractivity (Wildman–Crippen MR) is 133 cm³/mol. The van der Waals surface area contributed by atoms with Crippen LogP contribution in [-0.2, 0) is 17.6 Å². The molecule has 0 fully saturated rings. The van der Waals surface area contributed by atoms with Crippen molar-refractivity contribution in [2.45, 2.75) is 26.2 Å². The number of aryl methyl sites for hydroxylation is 2. The first-order valence-corrected chi connectivity index (χ1v) is 11.4. The molecule has 0 aliphatic rings. The average Bonchev–Trinajstić information content (AvgIpc) is 3.49. The molecule has 7 nitrogen and oxygen atoms in total. The van der Waals surface area contributed by atoms with Gasteiger partial charge in [-0.2, -0.15) is 0 Å². The molecule has 0 saturated heterocycles. The lowest BCUT2D eigenvalue weighted by atomic mass is 10.0. The highest BCUT2D eigenvalue weighted by Gasteiger charge is 2.22. The van der Waals surface area contributed by atoms with E-state index in [-0.39, 0.29) is 12.3 Å². The van der Waals surface area contributed by atoms with E-state index in [0.29, 0.717) is 34.6 Å². The van der Waals surface area contributed by atoms with Gasteiger partial charge in [0.15, 0.2) is 0 Å².